The average Bonchev–Trinajstić information content (AvgIpc) is 2.35. The van der Waals surface area contributed by atoms with Crippen LogP contribution in [0.1, 0.15) is 77.7 Å². The molecule has 0 aliphatic heterocycles. The molecular weight excluding hydrogens is 276 g/mol. The van der Waals surface area contributed by atoms with Gasteiger partial charge < -0.3 is 9.84 Å². The van der Waals surface area contributed by atoms with Crippen LogP contribution < -0.4 is 0 Å². The molecule has 1 aromatic rings. The number of hydrogen-bond acceptors (Lipinski definition) is 3. The Morgan fingerprint density at radius 2 is 1.55 bits per heavy atom. The summed E-state index contributed by atoms with van der Waals surface area (Å²) in [6.45, 7) is 18.0. The van der Waals surface area contributed by atoms with Crippen molar-refractivity contribution >= 4 is 5.97 Å². The third-order valence-corrected chi connectivity index (χ3v) is 3.68. The number of phenolic OH excluding ortho intramolecular Hbond substituents is 1. The SMILES string of the molecule is [CH2]C(OC(=O)CC)c1cc(C(C)(C)C)c(O)c(C(C)(C)C)c1. The summed E-state index contributed by atoms with van der Waals surface area (Å²) in [6.07, 6.45) is -0.252. The maximum Gasteiger partial charge on any atom is 0.306 e. The molecule has 0 bridgehead atoms. The van der Waals surface area contributed by atoms with Crippen molar-refractivity contribution in [3.63, 3.8) is 0 Å². The van der Waals surface area contributed by atoms with E-state index in [1.54, 1.807) is 6.92 Å². The number of esters is 1. The Kier molecular flexibility index (Phi) is 5.32. The Balaban J connectivity index is 3.44. The van der Waals surface area contributed by atoms with Crippen molar-refractivity contribution in [2.24, 2.45) is 0 Å². The molecule has 22 heavy (non-hydrogen) atoms. The molecule has 0 saturated heterocycles. The normalized spacial score (nSPS) is 13.8. The van der Waals surface area contributed by atoms with E-state index in [1.165, 1.54) is 0 Å². The molecule has 0 spiro atoms. The number of aromatic hydroxyl groups is 1. The molecule has 0 aromatic heterocycles. The Labute approximate surface area is 134 Å². The summed E-state index contributed by atoms with van der Waals surface area (Å²) in [5.41, 5.74) is 2.07. The van der Waals surface area contributed by atoms with Gasteiger partial charge in [-0.1, -0.05) is 48.5 Å². The van der Waals surface area contributed by atoms with Crippen molar-refractivity contribution in [1.82, 2.24) is 0 Å². The lowest BCUT2D eigenvalue weighted by Gasteiger charge is -2.29. The quantitative estimate of drug-likeness (QED) is 0.815. The molecule has 1 unspecified atom stereocenters. The molecule has 0 amide bonds. The second-order valence-electron chi connectivity index (χ2n) is 7.80. The fraction of sp³-hybridized carbons (Fsp3) is 0.579. The molecule has 0 saturated carbocycles. The van der Waals surface area contributed by atoms with E-state index >= 15 is 0 Å². The summed E-state index contributed by atoms with van der Waals surface area (Å²) in [6, 6.07) is 3.79. The maximum absolute atomic E-state index is 11.5. The van der Waals surface area contributed by atoms with Crippen LogP contribution in [0.4, 0.5) is 0 Å². The lowest BCUT2D eigenvalue weighted by atomic mass is 9.78. The minimum Gasteiger partial charge on any atom is -0.507 e. The van der Waals surface area contributed by atoms with Crippen molar-refractivity contribution in [2.75, 3.05) is 0 Å². The van der Waals surface area contributed by atoms with Gasteiger partial charge in [-0.15, -0.1) is 0 Å². The summed E-state index contributed by atoms with van der Waals surface area (Å²) in [7, 11) is 0. The molecule has 123 valence electrons. The van der Waals surface area contributed by atoms with Gasteiger partial charge in [-0.25, -0.2) is 0 Å². The topological polar surface area (TPSA) is 46.5 Å². The van der Waals surface area contributed by atoms with E-state index in [4.69, 9.17) is 4.74 Å². The minimum absolute atomic E-state index is 0.214. The van der Waals surface area contributed by atoms with Gasteiger partial charge in [0.1, 0.15) is 11.9 Å². The Morgan fingerprint density at radius 3 is 1.86 bits per heavy atom. The first-order valence-corrected chi connectivity index (χ1v) is 7.78. The number of hydrogen-bond donors (Lipinski definition) is 1. The van der Waals surface area contributed by atoms with E-state index in [9.17, 15) is 9.90 Å². The fourth-order valence-electron chi connectivity index (χ4n) is 2.30. The first-order valence-electron chi connectivity index (χ1n) is 7.78. The molecular formula is C19H29O3. The van der Waals surface area contributed by atoms with Gasteiger partial charge in [-0.2, -0.15) is 0 Å². The highest BCUT2D eigenvalue weighted by Crippen LogP contribution is 2.41. The van der Waals surface area contributed by atoms with Gasteiger partial charge in [0.2, 0.25) is 0 Å². The van der Waals surface area contributed by atoms with Crippen LogP contribution in [0.2, 0.25) is 0 Å². The van der Waals surface area contributed by atoms with Crippen molar-refractivity contribution in [3.8, 4) is 5.75 Å². The van der Waals surface area contributed by atoms with E-state index < -0.39 is 6.10 Å². The van der Waals surface area contributed by atoms with Crippen LogP contribution in [-0.4, -0.2) is 11.1 Å². The fourth-order valence-corrected chi connectivity index (χ4v) is 2.30. The summed E-state index contributed by atoms with van der Waals surface area (Å²) in [5.74, 6) is 0.0421. The zero-order chi connectivity index (χ0) is 17.3. The number of benzene rings is 1. The van der Waals surface area contributed by atoms with Crippen molar-refractivity contribution in [3.05, 3.63) is 35.7 Å². The summed E-state index contributed by atoms with van der Waals surface area (Å²) in [5, 5.41) is 10.7. The van der Waals surface area contributed by atoms with E-state index in [0.717, 1.165) is 16.7 Å². The van der Waals surface area contributed by atoms with Gasteiger partial charge in [-0.05, 0) is 46.6 Å². The highest BCUT2D eigenvalue weighted by Gasteiger charge is 2.28. The number of ether oxygens (including phenoxy) is 1. The Hall–Kier alpha value is -1.51. The molecule has 0 aliphatic rings. The number of rotatable bonds is 3. The van der Waals surface area contributed by atoms with E-state index in [0.29, 0.717) is 12.2 Å². The molecule has 1 radical (unpaired) electrons. The van der Waals surface area contributed by atoms with Gasteiger partial charge in [-0.3, -0.25) is 4.79 Å². The zero-order valence-corrected chi connectivity index (χ0v) is 14.9. The lowest BCUT2D eigenvalue weighted by Crippen LogP contribution is -2.19. The smallest absolute Gasteiger partial charge is 0.306 e. The lowest BCUT2D eigenvalue weighted by molar-refractivity contribution is -0.146. The van der Waals surface area contributed by atoms with Gasteiger partial charge in [0.15, 0.2) is 0 Å². The van der Waals surface area contributed by atoms with Gasteiger partial charge in [0, 0.05) is 6.42 Å². The monoisotopic (exact) mass is 305 g/mol. The third-order valence-electron chi connectivity index (χ3n) is 3.68. The van der Waals surface area contributed by atoms with E-state index in [-0.39, 0.29) is 16.8 Å². The first kappa shape index (κ1) is 18.5. The standard InChI is InChI=1S/C19H29O3/c1-9-16(20)22-12(2)13-10-14(18(3,4)5)17(21)15(11-13)19(6,7)8/h10-12,21H,2,9H2,1,3-8H3. The molecule has 1 atom stereocenters. The van der Waals surface area contributed by atoms with Crippen LogP contribution in [0.3, 0.4) is 0 Å². The van der Waals surface area contributed by atoms with Crippen LogP contribution in [0.15, 0.2) is 12.1 Å². The molecule has 0 heterocycles. The minimum atomic E-state index is -0.574. The van der Waals surface area contributed by atoms with Crippen LogP contribution in [0, 0.1) is 6.92 Å². The molecule has 1 aromatic carbocycles. The predicted molar refractivity (Wildman–Crippen MR) is 90.0 cm³/mol. The number of phenols is 1. The number of carbonyl (C=O) groups excluding carboxylic acids is 1. The second-order valence-corrected chi connectivity index (χ2v) is 7.80. The third kappa shape index (κ3) is 4.25. The highest BCUT2D eigenvalue weighted by molar-refractivity contribution is 5.69. The molecule has 0 aliphatic carbocycles. The van der Waals surface area contributed by atoms with Crippen LogP contribution >= 0.6 is 0 Å². The first-order chi connectivity index (χ1) is 9.87. The van der Waals surface area contributed by atoms with Crippen molar-refractivity contribution < 1.29 is 14.6 Å². The molecule has 1 rings (SSSR count). The second kappa shape index (κ2) is 6.31. The maximum atomic E-state index is 11.5. The van der Waals surface area contributed by atoms with Gasteiger partial charge >= 0.3 is 5.97 Å². The van der Waals surface area contributed by atoms with Crippen molar-refractivity contribution in [1.29, 1.82) is 0 Å². The molecule has 1 N–H and O–H groups in total. The van der Waals surface area contributed by atoms with Gasteiger partial charge in [0.05, 0.1) is 0 Å². The Bertz CT molecular complexity index is 510. The Morgan fingerprint density at radius 1 is 1.14 bits per heavy atom. The molecule has 3 heteroatoms. The predicted octanol–water partition coefficient (Wildman–Crippen LogP) is 4.82. The van der Waals surface area contributed by atoms with Crippen LogP contribution in [-0.2, 0) is 20.4 Å². The van der Waals surface area contributed by atoms with E-state index in [1.807, 2.05) is 12.1 Å². The highest BCUT2D eigenvalue weighted by atomic mass is 16.5. The van der Waals surface area contributed by atoms with Crippen LogP contribution in [0.5, 0.6) is 5.75 Å². The molecule has 3 nitrogen and oxygen atoms in total. The van der Waals surface area contributed by atoms with Crippen LogP contribution in [0.25, 0.3) is 0 Å². The van der Waals surface area contributed by atoms with Gasteiger partial charge in [0.25, 0.3) is 0 Å². The average molecular weight is 305 g/mol. The largest absolute Gasteiger partial charge is 0.507 e. The zero-order valence-electron chi connectivity index (χ0n) is 14.9. The summed E-state index contributed by atoms with van der Waals surface area (Å²) >= 11 is 0. The van der Waals surface area contributed by atoms with E-state index in [2.05, 4.69) is 48.5 Å². The number of carbonyl (C=O) groups is 1. The summed E-state index contributed by atoms with van der Waals surface area (Å²) < 4.78 is 5.33. The molecule has 0 fully saturated rings. The van der Waals surface area contributed by atoms with Crippen molar-refractivity contribution in [2.45, 2.75) is 71.8 Å². The summed E-state index contributed by atoms with van der Waals surface area (Å²) in [4.78, 5) is 11.5.